The van der Waals surface area contributed by atoms with Gasteiger partial charge in [-0.2, -0.15) is 0 Å². The van der Waals surface area contributed by atoms with Crippen LogP contribution in [0.5, 0.6) is 0 Å². The minimum atomic E-state index is 0.678. The smallest absolute Gasteiger partial charge is 0.0846 e. The number of aromatic nitrogens is 1. The summed E-state index contributed by atoms with van der Waals surface area (Å²) in [7, 11) is 0. The van der Waals surface area contributed by atoms with Crippen molar-refractivity contribution >= 4 is 48.5 Å². The summed E-state index contributed by atoms with van der Waals surface area (Å²) in [6, 6.07) is 5.85. The normalized spacial score (nSPS) is 10.6. The Kier molecular flexibility index (Phi) is 2.26. The van der Waals surface area contributed by atoms with Gasteiger partial charge in [0.15, 0.2) is 0 Å². The topological polar surface area (TPSA) is 38.9 Å². The number of nitrogens with zero attached hydrogens (tertiary/aromatic N) is 1. The van der Waals surface area contributed by atoms with E-state index >= 15 is 0 Å². The van der Waals surface area contributed by atoms with Gasteiger partial charge in [0, 0.05) is 14.3 Å². The molecule has 2 nitrogen and oxygen atoms in total. The summed E-state index contributed by atoms with van der Waals surface area (Å²) >= 11 is 6.85. The van der Waals surface area contributed by atoms with Crippen molar-refractivity contribution in [1.82, 2.24) is 4.98 Å². The first-order chi connectivity index (χ1) is 6.16. The van der Waals surface area contributed by atoms with Gasteiger partial charge < -0.3 is 5.73 Å². The van der Waals surface area contributed by atoms with Gasteiger partial charge in [-0.25, -0.2) is 0 Å². The summed E-state index contributed by atoms with van der Waals surface area (Å²) < 4.78 is 1.98. The number of anilines is 1. The van der Waals surface area contributed by atoms with Crippen molar-refractivity contribution in [2.24, 2.45) is 0 Å². The van der Waals surface area contributed by atoms with Crippen LogP contribution in [-0.2, 0) is 0 Å². The van der Waals surface area contributed by atoms with E-state index in [1.165, 1.54) is 0 Å². The summed E-state index contributed by atoms with van der Waals surface area (Å²) in [5.74, 6) is 0. The van der Waals surface area contributed by atoms with Gasteiger partial charge in [0.2, 0.25) is 0 Å². The molecular formula is C9H6Br2N2. The number of nitrogen functional groups attached to an aromatic ring is 1. The Labute approximate surface area is 92.4 Å². The van der Waals surface area contributed by atoms with Crippen molar-refractivity contribution in [3.8, 4) is 0 Å². The maximum Gasteiger partial charge on any atom is 0.0846 e. The molecule has 1 heterocycles. The van der Waals surface area contributed by atoms with E-state index in [1.54, 1.807) is 6.20 Å². The fraction of sp³-hybridized carbons (Fsp3) is 0. The minimum Gasteiger partial charge on any atom is -0.397 e. The summed E-state index contributed by atoms with van der Waals surface area (Å²) in [6.45, 7) is 0. The van der Waals surface area contributed by atoms with Crippen LogP contribution in [0.1, 0.15) is 0 Å². The highest BCUT2D eigenvalue weighted by atomic mass is 79.9. The third kappa shape index (κ3) is 1.69. The molecule has 66 valence electrons. The molecule has 0 spiro atoms. The van der Waals surface area contributed by atoms with Crippen LogP contribution in [0.4, 0.5) is 5.69 Å². The average Bonchev–Trinajstić information content (AvgIpc) is 2.02. The lowest BCUT2D eigenvalue weighted by Crippen LogP contribution is -1.87. The maximum atomic E-state index is 5.63. The van der Waals surface area contributed by atoms with E-state index in [0.717, 1.165) is 19.8 Å². The zero-order chi connectivity index (χ0) is 9.42. The monoisotopic (exact) mass is 300 g/mol. The van der Waals surface area contributed by atoms with Crippen LogP contribution in [0.25, 0.3) is 10.9 Å². The average molecular weight is 302 g/mol. The van der Waals surface area contributed by atoms with E-state index in [1.807, 2.05) is 18.2 Å². The zero-order valence-corrected chi connectivity index (χ0v) is 9.76. The Morgan fingerprint density at radius 3 is 2.69 bits per heavy atom. The Morgan fingerprint density at radius 2 is 1.92 bits per heavy atom. The molecule has 1 aromatic heterocycles. The molecule has 4 heteroatoms. The standard InChI is InChI=1S/C9H6Br2N2/c10-6-1-5-2-7(12)4-13-9(5)8(11)3-6/h1-4H,12H2. The first kappa shape index (κ1) is 8.97. The predicted octanol–water partition coefficient (Wildman–Crippen LogP) is 3.34. The van der Waals surface area contributed by atoms with Gasteiger partial charge in [-0.3, -0.25) is 4.98 Å². The van der Waals surface area contributed by atoms with Crippen molar-refractivity contribution in [2.45, 2.75) is 0 Å². The molecular weight excluding hydrogens is 296 g/mol. The van der Waals surface area contributed by atoms with E-state index in [-0.39, 0.29) is 0 Å². The molecule has 0 saturated carbocycles. The van der Waals surface area contributed by atoms with Gasteiger partial charge >= 0.3 is 0 Å². The Morgan fingerprint density at radius 1 is 1.15 bits per heavy atom. The van der Waals surface area contributed by atoms with Crippen LogP contribution in [0.3, 0.4) is 0 Å². The van der Waals surface area contributed by atoms with Gasteiger partial charge in [-0.05, 0) is 34.1 Å². The SMILES string of the molecule is Nc1cnc2c(Br)cc(Br)cc2c1. The highest BCUT2D eigenvalue weighted by molar-refractivity contribution is 9.11. The van der Waals surface area contributed by atoms with Crippen LogP contribution >= 0.6 is 31.9 Å². The van der Waals surface area contributed by atoms with E-state index in [9.17, 15) is 0 Å². The van der Waals surface area contributed by atoms with Gasteiger partial charge in [-0.15, -0.1) is 0 Å². The quantitative estimate of drug-likeness (QED) is 0.810. The molecule has 1 aromatic carbocycles. The molecule has 0 radical (unpaired) electrons. The molecule has 0 aliphatic heterocycles. The summed E-state index contributed by atoms with van der Waals surface area (Å²) in [6.07, 6.45) is 1.65. The van der Waals surface area contributed by atoms with Crippen LogP contribution in [0.15, 0.2) is 33.3 Å². The van der Waals surface area contributed by atoms with Gasteiger partial charge in [0.05, 0.1) is 17.4 Å². The van der Waals surface area contributed by atoms with E-state index in [4.69, 9.17) is 5.73 Å². The lowest BCUT2D eigenvalue weighted by molar-refractivity contribution is 1.40. The lowest BCUT2D eigenvalue weighted by Gasteiger charge is -2.01. The molecule has 2 aromatic rings. The summed E-state index contributed by atoms with van der Waals surface area (Å²) in [5.41, 5.74) is 7.24. The second-order valence-electron chi connectivity index (χ2n) is 2.73. The predicted molar refractivity (Wildman–Crippen MR) is 61.6 cm³/mol. The number of fused-ring (bicyclic) bond motifs is 1. The first-order valence-corrected chi connectivity index (χ1v) is 5.26. The van der Waals surface area contributed by atoms with E-state index in [0.29, 0.717) is 5.69 Å². The van der Waals surface area contributed by atoms with Crippen molar-refractivity contribution < 1.29 is 0 Å². The number of benzene rings is 1. The fourth-order valence-corrected chi connectivity index (χ4v) is 2.55. The van der Waals surface area contributed by atoms with E-state index < -0.39 is 0 Å². The highest BCUT2D eigenvalue weighted by Crippen LogP contribution is 2.27. The van der Waals surface area contributed by atoms with Crippen molar-refractivity contribution in [1.29, 1.82) is 0 Å². The van der Waals surface area contributed by atoms with Crippen LogP contribution in [0.2, 0.25) is 0 Å². The Balaban J connectivity index is 2.86. The highest BCUT2D eigenvalue weighted by Gasteiger charge is 2.01. The largest absolute Gasteiger partial charge is 0.397 e. The van der Waals surface area contributed by atoms with Gasteiger partial charge in [-0.1, -0.05) is 15.9 Å². The summed E-state index contributed by atoms with van der Waals surface area (Å²) in [4.78, 5) is 4.23. The number of hydrogen-bond donors (Lipinski definition) is 1. The minimum absolute atomic E-state index is 0.678. The molecule has 0 bridgehead atoms. The molecule has 0 amide bonds. The van der Waals surface area contributed by atoms with Crippen LogP contribution in [-0.4, -0.2) is 4.98 Å². The molecule has 0 unspecified atom stereocenters. The third-order valence-electron chi connectivity index (χ3n) is 1.72. The molecule has 0 atom stereocenters. The fourth-order valence-electron chi connectivity index (χ4n) is 1.19. The van der Waals surface area contributed by atoms with Gasteiger partial charge in [0.1, 0.15) is 0 Å². The maximum absolute atomic E-state index is 5.63. The van der Waals surface area contributed by atoms with E-state index in [2.05, 4.69) is 36.8 Å². The number of pyridine rings is 1. The molecule has 0 aliphatic carbocycles. The van der Waals surface area contributed by atoms with Crippen molar-refractivity contribution in [3.63, 3.8) is 0 Å². The second-order valence-corrected chi connectivity index (χ2v) is 4.50. The number of rotatable bonds is 0. The van der Waals surface area contributed by atoms with Crippen LogP contribution in [0, 0.1) is 0 Å². The molecule has 2 rings (SSSR count). The van der Waals surface area contributed by atoms with Crippen molar-refractivity contribution in [2.75, 3.05) is 5.73 Å². The number of halogens is 2. The molecule has 13 heavy (non-hydrogen) atoms. The Hall–Kier alpha value is -0.610. The first-order valence-electron chi connectivity index (χ1n) is 3.67. The third-order valence-corrected chi connectivity index (χ3v) is 2.78. The Bertz CT molecular complexity index is 463. The summed E-state index contributed by atoms with van der Waals surface area (Å²) in [5, 5.41) is 1.03. The zero-order valence-electron chi connectivity index (χ0n) is 6.59. The molecule has 0 fully saturated rings. The molecule has 0 aliphatic rings. The lowest BCUT2D eigenvalue weighted by atomic mass is 10.2. The number of nitrogens with two attached hydrogens (primary N) is 1. The van der Waals surface area contributed by atoms with Crippen LogP contribution < -0.4 is 5.73 Å². The van der Waals surface area contributed by atoms with Gasteiger partial charge in [0.25, 0.3) is 0 Å². The molecule has 0 saturated heterocycles. The van der Waals surface area contributed by atoms with Crippen molar-refractivity contribution in [3.05, 3.63) is 33.3 Å². The molecule has 2 N–H and O–H groups in total. The second kappa shape index (κ2) is 3.27. The number of hydrogen-bond acceptors (Lipinski definition) is 2.